The Kier molecular flexibility index (Phi) is 5.38. The van der Waals surface area contributed by atoms with Gasteiger partial charge in [0.1, 0.15) is 0 Å². The molecule has 4 heterocycles. The summed E-state index contributed by atoms with van der Waals surface area (Å²) in [6.45, 7) is 6.80. The van der Waals surface area contributed by atoms with Crippen LogP contribution in [0.2, 0.25) is 0 Å². The molecular weight excluding hydrogens is 400 g/mol. The van der Waals surface area contributed by atoms with Gasteiger partial charge in [0, 0.05) is 18.3 Å². The lowest BCUT2D eigenvalue weighted by atomic mass is 9.58. The molecule has 4 aliphatic heterocycles. The summed E-state index contributed by atoms with van der Waals surface area (Å²) in [5.74, 6) is 0.117. The van der Waals surface area contributed by atoms with E-state index in [0.29, 0.717) is 24.0 Å². The largest absolute Gasteiger partial charge is 0.465 e. The van der Waals surface area contributed by atoms with Crippen LogP contribution in [0.3, 0.4) is 0 Å². The lowest BCUT2D eigenvalue weighted by Crippen LogP contribution is -2.70. The Morgan fingerprint density at radius 2 is 1.87 bits per heavy atom. The standard InChI is InChI=1S/C24H32O7/c1-14-5-10-19-15(2)21(27-13-16-6-8-17(9-7-16)20(25)26-4)28-22-24(19)18(14)11-12-23(3,29-22)30-31-24/h6-9,14-15,18-19,21-22H,5,10-13H2,1-4H3/t14-,15-,18+,19+,21+,22-,23+,24-/m1/s1. The van der Waals surface area contributed by atoms with E-state index >= 15 is 0 Å². The first-order chi connectivity index (χ1) is 14.9. The fourth-order valence-corrected chi connectivity index (χ4v) is 6.10. The highest BCUT2D eigenvalue weighted by molar-refractivity contribution is 5.89. The van der Waals surface area contributed by atoms with Crippen molar-refractivity contribution >= 4 is 5.97 Å². The van der Waals surface area contributed by atoms with Gasteiger partial charge in [-0.1, -0.05) is 26.0 Å². The van der Waals surface area contributed by atoms with Crippen molar-refractivity contribution in [2.45, 2.75) is 77.0 Å². The maximum Gasteiger partial charge on any atom is 0.337 e. The highest BCUT2D eigenvalue weighted by Crippen LogP contribution is 2.60. The molecule has 6 rings (SSSR count). The molecule has 1 aromatic carbocycles. The molecule has 4 saturated heterocycles. The summed E-state index contributed by atoms with van der Waals surface area (Å²) >= 11 is 0. The Morgan fingerprint density at radius 3 is 2.61 bits per heavy atom. The molecule has 31 heavy (non-hydrogen) atoms. The molecule has 5 aliphatic rings. The van der Waals surface area contributed by atoms with Crippen molar-refractivity contribution in [3.63, 3.8) is 0 Å². The van der Waals surface area contributed by atoms with Gasteiger partial charge in [0.15, 0.2) is 18.2 Å². The van der Waals surface area contributed by atoms with Gasteiger partial charge in [-0.25, -0.2) is 14.6 Å². The van der Waals surface area contributed by atoms with Crippen LogP contribution in [0, 0.1) is 23.7 Å². The van der Waals surface area contributed by atoms with E-state index in [2.05, 4.69) is 13.8 Å². The zero-order valence-electron chi connectivity index (χ0n) is 18.7. The smallest absolute Gasteiger partial charge is 0.337 e. The average Bonchev–Trinajstić information content (AvgIpc) is 3.01. The Balaban J connectivity index is 1.34. The molecular formula is C24H32O7. The molecule has 1 saturated carbocycles. The van der Waals surface area contributed by atoms with Gasteiger partial charge in [-0.15, -0.1) is 0 Å². The van der Waals surface area contributed by atoms with Crippen molar-refractivity contribution in [2.24, 2.45) is 23.7 Å². The molecule has 0 N–H and O–H groups in total. The highest BCUT2D eigenvalue weighted by atomic mass is 17.3. The second-order valence-electron chi connectivity index (χ2n) is 9.77. The summed E-state index contributed by atoms with van der Waals surface area (Å²) in [6, 6.07) is 7.25. The van der Waals surface area contributed by atoms with E-state index in [-0.39, 0.29) is 17.8 Å². The summed E-state index contributed by atoms with van der Waals surface area (Å²) in [6.07, 6.45) is 3.10. The van der Waals surface area contributed by atoms with Crippen molar-refractivity contribution in [3.8, 4) is 0 Å². The van der Waals surface area contributed by atoms with Crippen LogP contribution in [0.5, 0.6) is 0 Å². The molecule has 2 bridgehead atoms. The quantitative estimate of drug-likeness (QED) is 0.522. The fourth-order valence-electron chi connectivity index (χ4n) is 6.10. The monoisotopic (exact) mass is 432 g/mol. The SMILES string of the molecule is COC(=O)c1ccc(CO[C@H]2O[C@@H]3O[C@]4(C)CC[C@H]5[C@H](C)CC[C@@H]([C@H]2C)[C@@]35OO4)cc1. The Bertz CT molecular complexity index is 826. The molecule has 0 aromatic heterocycles. The van der Waals surface area contributed by atoms with Crippen LogP contribution in [0.4, 0.5) is 0 Å². The van der Waals surface area contributed by atoms with Gasteiger partial charge < -0.3 is 18.9 Å². The number of methoxy groups -OCH3 is 1. The van der Waals surface area contributed by atoms with Gasteiger partial charge in [0.05, 0.1) is 19.3 Å². The van der Waals surface area contributed by atoms with Crippen molar-refractivity contribution < 1.29 is 33.5 Å². The maximum atomic E-state index is 11.6. The fraction of sp³-hybridized carbons (Fsp3) is 0.708. The first kappa shape index (κ1) is 21.3. The van der Waals surface area contributed by atoms with E-state index in [1.54, 1.807) is 12.1 Å². The highest BCUT2D eigenvalue weighted by Gasteiger charge is 2.69. The average molecular weight is 433 g/mol. The second-order valence-corrected chi connectivity index (χ2v) is 9.77. The normalized spacial score (nSPS) is 43.7. The number of esters is 1. The van der Waals surface area contributed by atoms with Crippen LogP contribution in [-0.2, 0) is 35.3 Å². The molecule has 1 aromatic rings. The number of hydrogen-bond donors (Lipinski definition) is 0. The topological polar surface area (TPSA) is 72.5 Å². The lowest BCUT2D eigenvalue weighted by Gasteiger charge is -2.60. The third-order valence-electron chi connectivity index (χ3n) is 7.89. The van der Waals surface area contributed by atoms with Gasteiger partial charge in [-0.2, -0.15) is 0 Å². The van der Waals surface area contributed by atoms with Crippen molar-refractivity contribution in [2.75, 3.05) is 7.11 Å². The van der Waals surface area contributed by atoms with Crippen LogP contribution in [0.25, 0.3) is 0 Å². The number of rotatable bonds is 4. The molecule has 5 fully saturated rings. The van der Waals surface area contributed by atoms with Gasteiger partial charge in [0.2, 0.25) is 5.79 Å². The second kappa shape index (κ2) is 7.81. The van der Waals surface area contributed by atoms with E-state index in [4.69, 9.17) is 28.7 Å². The predicted molar refractivity (Wildman–Crippen MR) is 109 cm³/mol. The minimum atomic E-state index is -0.785. The first-order valence-corrected chi connectivity index (χ1v) is 11.4. The molecule has 0 unspecified atom stereocenters. The van der Waals surface area contributed by atoms with Crippen molar-refractivity contribution in [1.29, 1.82) is 0 Å². The van der Waals surface area contributed by atoms with E-state index < -0.39 is 24.0 Å². The zero-order valence-corrected chi connectivity index (χ0v) is 18.7. The van der Waals surface area contributed by atoms with Crippen LogP contribution < -0.4 is 0 Å². The minimum Gasteiger partial charge on any atom is -0.465 e. The Hall–Kier alpha value is -1.51. The summed E-state index contributed by atoms with van der Waals surface area (Å²) in [5.41, 5.74) is 0.912. The number of ether oxygens (including phenoxy) is 4. The number of hydrogen-bond acceptors (Lipinski definition) is 7. The maximum absolute atomic E-state index is 11.6. The summed E-state index contributed by atoms with van der Waals surface area (Å²) in [4.78, 5) is 23.7. The van der Waals surface area contributed by atoms with E-state index in [1.165, 1.54) is 7.11 Å². The van der Waals surface area contributed by atoms with Gasteiger partial charge in [-0.3, -0.25) is 0 Å². The van der Waals surface area contributed by atoms with Crippen LogP contribution in [0.1, 0.15) is 62.4 Å². The van der Waals surface area contributed by atoms with E-state index in [1.807, 2.05) is 19.1 Å². The lowest BCUT2D eigenvalue weighted by molar-refractivity contribution is -0.577. The molecule has 1 spiro atoms. The number of carbonyl (C=O) groups is 1. The predicted octanol–water partition coefficient (Wildman–Crippen LogP) is 4.20. The van der Waals surface area contributed by atoms with Gasteiger partial charge in [0.25, 0.3) is 0 Å². The summed E-state index contributed by atoms with van der Waals surface area (Å²) in [7, 11) is 1.38. The molecule has 170 valence electrons. The van der Waals surface area contributed by atoms with E-state index in [9.17, 15) is 4.79 Å². The Morgan fingerprint density at radius 1 is 1.10 bits per heavy atom. The van der Waals surface area contributed by atoms with Crippen molar-refractivity contribution in [1.82, 2.24) is 0 Å². The van der Waals surface area contributed by atoms with Gasteiger partial charge >= 0.3 is 5.97 Å². The summed E-state index contributed by atoms with van der Waals surface area (Å²) < 4.78 is 23.8. The molecule has 7 nitrogen and oxygen atoms in total. The molecule has 0 radical (unpaired) electrons. The number of carbonyl (C=O) groups excluding carboxylic acids is 1. The third kappa shape index (κ3) is 3.42. The first-order valence-electron chi connectivity index (χ1n) is 11.4. The minimum absolute atomic E-state index is 0.134. The van der Waals surface area contributed by atoms with Crippen LogP contribution in [0.15, 0.2) is 24.3 Å². The molecule has 7 heteroatoms. The molecule has 1 aliphatic carbocycles. The zero-order chi connectivity index (χ0) is 21.8. The third-order valence-corrected chi connectivity index (χ3v) is 7.89. The Labute approximate surface area is 183 Å². The number of benzene rings is 1. The van der Waals surface area contributed by atoms with Crippen LogP contribution >= 0.6 is 0 Å². The van der Waals surface area contributed by atoms with E-state index in [0.717, 1.165) is 31.2 Å². The molecule has 8 atom stereocenters. The molecule has 0 amide bonds. The van der Waals surface area contributed by atoms with Crippen LogP contribution in [-0.4, -0.2) is 37.0 Å². The van der Waals surface area contributed by atoms with Gasteiger partial charge in [-0.05, 0) is 55.7 Å². The van der Waals surface area contributed by atoms with Crippen molar-refractivity contribution in [3.05, 3.63) is 35.4 Å². The summed E-state index contributed by atoms with van der Waals surface area (Å²) in [5, 5.41) is 0. The number of fused-ring (bicyclic) bond motifs is 2.